The number of carbonyl (C=O) groups is 1. The van der Waals surface area contributed by atoms with Gasteiger partial charge in [-0.3, -0.25) is 4.79 Å². The first-order valence-corrected chi connectivity index (χ1v) is 6.71. The highest BCUT2D eigenvalue weighted by Crippen LogP contribution is 2.28. The van der Waals surface area contributed by atoms with Crippen LogP contribution >= 0.6 is 11.6 Å². The van der Waals surface area contributed by atoms with Crippen LogP contribution in [-0.4, -0.2) is 18.1 Å². The van der Waals surface area contributed by atoms with E-state index < -0.39 is 6.10 Å². The van der Waals surface area contributed by atoms with Crippen molar-refractivity contribution in [2.75, 3.05) is 0 Å². The Morgan fingerprint density at radius 1 is 1.32 bits per heavy atom. The van der Waals surface area contributed by atoms with E-state index in [1.54, 1.807) is 25.1 Å². The Labute approximate surface area is 119 Å². The number of amides is 1. The zero-order valence-electron chi connectivity index (χ0n) is 11.7. The van der Waals surface area contributed by atoms with E-state index >= 15 is 0 Å². The second-order valence-corrected chi connectivity index (χ2v) is 5.33. The molecule has 3 N–H and O–H groups in total. The predicted octanol–water partition coefficient (Wildman–Crippen LogP) is 2.65. The molecule has 0 bridgehead atoms. The van der Waals surface area contributed by atoms with Crippen molar-refractivity contribution in [3.63, 3.8) is 0 Å². The first kappa shape index (κ1) is 15.8. The fourth-order valence-corrected chi connectivity index (χ4v) is 1.81. The van der Waals surface area contributed by atoms with Gasteiger partial charge in [-0.05, 0) is 45.9 Å². The van der Waals surface area contributed by atoms with Crippen LogP contribution in [-0.2, 0) is 4.79 Å². The van der Waals surface area contributed by atoms with Crippen LogP contribution in [0.5, 0.6) is 5.75 Å². The van der Waals surface area contributed by atoms with E-state index in [0.29, 0.717) is 10.8 Å². The molecule has 106 valence electrons. The first-order chi connectivity index (χ1) is 8.81. The molecule has 0 aliphatic carbocycles. The standard InChI is InChI=1S/C14H21ClN2O2/c1-8(2)17-14(18)10(4)19-13-6-5-11(15)7-12(13)9(3)16/h5-10H,16H2,1-4H3,(H,17,18). The minimum absolute atomic E-state index is 0.0803. The van der Waals surface area contributed by atoms with Crippen molar-refractivity contribution in [2.45, 2.75) is 45.9 Å². The Hall–Kier alpha value is -1.26. The maximum Gasteiger partial charge on any atom is 0.260 e. The van der Waals surface area contributed by atoms with E-state index in [9.17, 15) is 4.79 Å². The molecular formula is C14H21ClN2O2. The summed E-state index contributed by atoms with van der Waals surface area (Å²) in [6.45, 7) is 7.36. The minimum atomic E-state index is -0.582. The van der Waals surface area contributed by atoms with Gasteiger partial charge in [-0.15, -0.1) is 0 Å². The van der Waals surface area contributed by atoms with Crippen LogP contribution in [0.4, 0.5) is 0 Å². The van der Waals surface area contributed by atoms with Crippen LogP contribution in [0.15, 0.2) is 18.2 Å². The van der Waals surface area contributed by atoms with E-state index in [-0.39, 0.29) is 18.0 Å². The molecule has 0 aliphatic rings. The minimum Gasteiger partial charge on any atom is -0.481 e. The lowest BCUT2D eigenvalue weighted by Crippen LogP contribution is -2.40. The predicted molar refractivity (Wildman–Crippen MR) is 77.4 cm³/mol. The molecule has 1 aromatic rings. The molecule has 0 aliphatic heterocycles. The van der Waals surface area contributed by atoms with Crippen molar-refractivity contribution in [3.05, 3.63) is 28.8 Å². The smallest absolute Gasteiger partial charge is 0.260 e. The van der Waals surface area contributed by atoms with Crippen molar-refractivity contribution in [1.29, 1.82) is 0 Å². The summed E-state index contributed by atoms with van der Waals surface area (Å²) in [5, 5.41) is 3.40. The Balaban J connectivity index is 2.84. The molecule has 0 heterocycles. The topological polar surface area (TPSA) is 64.3 Å². The third-order valence-electron chi connectivity index (χ3n) is 2.57. The Kier molecular flexibility index (Phi) is 5.63. The molecule has 0 fully saturated rings. The molecule has 0 saturated carbocycles. The fourth-order valence-electron chi connectivity index (χ4n) is 1.63. The first-order valence-electron chi connectivity index (χ1n) is 6.33. The molecular weight excluding hydrogens is 264 g/mol. The lowest BCUT2D eigenvalue weighted by atomic mass is 10.1. The maximum atomic E-state index is 11.8. The Morgan fingerprint density at radius 3 is 2.47 bits per heavy atom. The summed E-state index contributed by atoms with van der Waals surface area (Å²) in [5.41, 5.74) is 6.67. The summed E-state index contributed by atoms with van der Waals surface area (Å²) in [7, 11) is 0. The summed E-state index contributed by atoms with van der Waals surface area (Å²) in [5.74, 6) is 0.436. The summed E-state index contributed by atoms with van der Waals surface area (Å²) in [6, 6.07) is 5.08. The number of ether oxygens (including phenoxy) is 1. The number of benzene rings is 1. The van der Waals surface area contributed by atoms with Crippen molar-refractivity contribution >= 4 is 17.5 Å². The molecule has 1 rings (SSSR count). The van der Waals surface area contributed by atoms with Crippen LogP contribution in [0.25, 0.3) is 0 Å². The highest BCUT2D eigenvalue weighted by atomic mass is 35.5. The third kappa shape index (κ3) is 4.73. The van der Waals surface area contributed by atoms with Gasteiger partial charge in [0.15, 0.2) is 6.10 Å². The normalized spacial score (nSPS) is 14.1. The largest absolute Gasteiger partial charge is 0.481 e. The molecule has 5 heteroatoms. The Morgan fingerprint density at radius 2 is 1.95 bits per heavy atom. The molecule has 4 nitrogen and oxygen atoms in total. The molecule has 19 heavy (non-hydrogen) atoms. The van der Waals surface area contributed by atoms with Crippen LogP contribution in [0, 0.1) is 0 Å². The zero-order chi connectivity index (χ0) is 14.6. The van der Waals surface area contributed by atoms with Gasteiger partial charge in [0.05, 0.1) is 0 Å². The molecule has 0 aromatic heterocycles. The molecule has 2 atom stereocenters. The van der Waals surface area contributed by atoms with Gasteiger partial charge in [-0.2, -0.15) is 0 Å². The average Bonchev–Trinajstić information content (AvgIpc) is 2.30. The van der Waals surface area contributed by atoms with Gasteiger partial charge in [-0.1, -0.05) is 11.6 Å². The van der Waals surface area contributed by atoms with Crippen LogP contribution < -0.4 is 15.8 Å². The lowest BCUT2D eigenvalue weighted by molar-refractivity contribution is -0.127. The van der Waals surface area contributed by atoms with Crippen molar-refractivity contribution in [3.8, 4) is 5.75 Å². The van der Waals surface area contributed by atoms with Gasteiger partial charge in [-0.25, -0.2) is 0 Å². The SMILES string of the molecule is CC(C)NC(=O)C(C)Oc1ccc(Cl)cc1C(C)N. The van der Waals surface area contributed by atoms with Crippen molar-refractivity contribution in [2.24, 2.45) is 5.73 Å². The van der Waals surface area contributed by atoms with E-state index in [2.05, 4.69) is 5.32 Å². The van der Waals surface area contributed by atoms with Crippen LogP contribution in [0.2, 0.25) is 5.02 Å². The molecule has 1 amide bonds. The molecule has 0 radical (unpaired) electrons. The van der Waals surface area contributed by atoms with Crippen LogP contribution in [0.1, 0.15) is 39.3 Å². The van der Waals surface area contributed by atoms with E-state index in [1.807, 2.05) is 20.8 Å². The fraction of sp³-hybridized carbons (Fsp3) is 0.500. The van der Waals surface area contributed by atoms with E-state index in [0.717, 1.165) is 5.56 Å². The number of halogens is 1. The average molecular weight is 285 g/mol. The van der Waals surface area contributed by atoms with Gasteiger partial charge in [0, 0.05) is 22.7 Å². The van der Waals surface area contributed by atoms with E-state index in [1.165, 1.54) is 0 Å². The molecule has 0 spiro atoms. The van der Waals surface area contributed by atoms with Crippen molar-refractivity contribution < 1.29 is 9.53 Å². The third-order valence-corrected chi connectivity index (χ3v) is 2.80. The van der Waals surface area contributed by atoms with Crippen LogP contribution in [0.3, 0.4) is 0 Å². The summed E-state index contributed by atoms with van der Waals surface area (Å²) < 4.78 is 5.67. The van der Waals surface area contributed by atoms with Gasteiger partial charge < -0.3 is 15.8 Å². The van der Waals surface area contributed by atoms with Gasteiger partial charge in [0.25, 0.3) is 5.91 Å². The molecule has 1 aromatic carbocycles. The quantitative estimate of drug-likeness (QED) is 0.874. The Bertz CT molecular complexity index is 447. The number of nitrogens with two attached hydrogens (primary N) is 1. The summed E-state index contributed by atoms with van der Waals surface area (Å²) in [6.07, 6.45) is -0.582. The zero-order valence-corrected chi connectivity index (χ0v) is 12.5. The number of nitrogens with one attached hydrogen (secondary N) is 1. The lowest BCUT2D eigenvalue weighted by Gasteiger charge is -2.20. The van der Waals surface area contributed by atoms with Gasteiger partial charge in [0.2, 0.25) is 0 Å². The van der Waals surface area contributed by atoms with Gasteiger partial charge >= 0.3 is 0 Å². The number of rotatable bonds is 5. The van der Waals surface area contributed by atoms with Crippen molar-refractivity contribution in [1.82, 2.24) is 5.32 Å². The van der Waals surface area contributed by atoms with Gasteiger partial charge in [0.1, 0.15) is 5.75 Å². The van der Waals surface area contributed by atoms with E-state index in [4.69, 9.17) is 22.1 Å². The number of carbonyl (C=O) groups excluding carboxylic acids is 1. The molecule has 0 saturated heterocycles. The summed E-state index contributed by atoms with van der Waals surface area (Å²) >= 11 is 5.94. The maximum absolute atomic E-state index is 11.8. The second-order valence-electron chi connectivity index (χ2n) is 4.89. The highest BCUT2D eigenvalue weighted by molar-refractivity contribution is 6.30. The summed E-state index contributed by atoms with van der Waals surface area (Å²) in [4.78, 5) is 11.8. The molecule has 2 unspecified atom stereocenters. The monoisotopic (exact) mass is 284 g/mol. The highest BCUT2D eigenvalue weighted by Gasteiger charge is 2.18. The second kappa shape index (κ2) is 6.78. The number of hydrogen-bond donors (Lipinski definition) is 2. The number of hydrogen-bond acceptors (Lipinski definition) is 3.